The molecule has 0 saturated carbocycles. The van der Waals surface area contributed by atoms with Crippen molar-refractivity contribution in [1.82, 2.24) is 5.32 Å². The fraction of sp³-hybridized carbons (Fsp3) is 0.417. The van der Waals surface area contributed by atoms with E-state index in [1.165, 1.54) is 0 Å². The van der Waals surface area contributed by atoms with Gasteiger partial charge in [-0.1, -0.05) is 13.8 Å². The molecule has 0 bridgehead atoms. The van der Waals surface area contributed by atoms with Crippen LogP contribution in [0.5, 0.6) is 5.75 Å². The van der Waals surface area contributed by atoms with Gasteiger partial charge in [-0.2, -0.15) is 0 Å². The van der Waals surface area contributed by atoms with Gasteiger partial charge in [-0.3, -0.25) is 0 Å². The number of amides is 1. The number of nitrogens with one attached hydrogen (secondary N) is 1. The summed E-state index contributed by atoms with van der Waals surface area (Å²) < 4.78 is 6.82. The number of halogens is 3. The highest BCUT2D eigenvalue weighted by molar-refractivity contribution is 14.1. The predicted molar refractivity (Wildman–Crippen MR) is 91.8 cm³/mol. The SMILES string of the molecule is CC1(C)COC(=O)N[C@H]1c1cc(I)cc(I)c1O.Cl. The van der Waals surface area contributed by atoms with Gasteiger partial charge in [0.25, 0.3) is 0 Å². The number of phenols is 1. The molecule has 0 aliphatic carbocycles. The van der Waals surface area contributed by atoms with Gasteiger partial charge in [0.05, 0.1) is 9.61 Å². The van der Waals surface area contributed by atoms with Crippen LogP contribution in [0.1, 0.15) is 25.5 Å². The van der Waals surface area contributed by atoms with Crippen molar-refractivity contribution in [3.8, 4) is 5.75 Å². The maximum atomic E-state index is 11.4. The Bertz CT molecular complexity index is 508. The topological polar surface area (TPSA) is 58.6 Å². The third-order valence-electron chi connectivity index (χ3n) is 2.99. The lowest BCUT2D eigenvalue weighted by Gasteiger charge is -2.38. The first-order valence-corrected chi connectivity index (χ1v) is 7.58. The van der Waals surface area contributed by atoms with Crippen LogP contribution in [0.15, 0.2) is 12.1 Å². The summed E-state index contributed by atoms with van der Waals surface area (Å²) in [7, 11) is 0. The molecular weight excluding hydrogens is 495 g/mol. The molecule has 1 fully saturated rings. The molecule has 0 unspecified atom stereocenters. The predicted octanol–water partition coefficient (Wildman–Crippen LogP) is 3.83. The molecule has 2 N–H and O–H groups in total. The Kier molecular flexibility index (Phi) is 5.59. The van der Waals surface area contributed by atoms with E-state index in [-0.39, 0.29) is 29.6 Å². The Balaban J connectivity index is 0.00000180. The molecule has 1 saturated heterocycles. The molecule has 1 heterocycles. The Morgan fingerprint density at radius 3 is 2.68 bits per heavy atom. The van der Waals surface area contributed by atoms with Crippen molar-refractivity contribution in [2.75, 3.05) is 6.61 Å². The van der Waals surface area contributed by atoms with Gasteiger partial charge in [0.2, 0.25) is 0 Å². The summed E-state index contributed by atoms with van der Waals surface area (Å²) >= 11 is 4.29. The van der Waals surface area contributed by atoms with E-state index in [4.69, 9.17) is 4.74 Å². The van der Waals surface area contributed by atoms with Gasteiger partial charge < -0.3 is 15.2 Å². The zero-order chi connectivity index (χ0) is 13.5. The fourth-order valence-electron chi connectivity index (χ4n) is 1.99. The van der Waals surface area contributed by atoms with E-state index >= 15 is 0 Å². The van der Waals surface area contributed by atoms with E-state index in [9.17, 15) is 9.90 Å². The molecule has 4 nitrogen and oxygen atoms in total. The van der Waals surface area contributed by atoms with E-state index < -0.39 is 6.09 Å². The number of hydrogen-bond acceptors (Lipinski definition) is 3. The van der Waals surface area contributed by atoms with Crippen molar-refractivity contribution in [3.63, 3.8) is 0 Å². The van der Waals surface area contributed by atoms with Crippen molar-refractivity contribution >= 4 is 63.7 Å². The van der Waals surface area contributed by atoms with Gasteiger partial charge in [-0.25, -0.2) is 4.79 Å². The molecule has 0 spiro atoms. The van der Waals surface area contributed by atoms with Crippen molar-refractivity contribution in [2.24, 2.45) is 5.41 Å². The molecule has 1 amide bonds. The first-order chi connectivity index (χ1) is 8.31. The summed E-state index contributed by atoms with van der Waals surface area (Å²) in [4.78, 5) is 11.4. The van der Waals surface area contributed by atoms with E-state index in [1.807, 2.05) is 26.0 Å². The minimum Gasteiger partial charge on any atom is -0.506 e. The van der Waals surface area contributed by atoms with Crippen molar-refractivity contribution in [3.05, 3.63) is 24.8 Å². The normalized spacial score (nSPS) is 21.1. The second kappa shape index (κ2) is 6.21. The van der Waals surface area contributed by atoms with Crippen molar-refractivity contribution in [1.29, 1.82) is 0 Å². The minimum absolute atomic E-state index is 0. The number of carbonyl (C=O) groups is 1. The zero-order valence-electron chi connectivity index (χ0n) is 10.4. The highest BCUT2D eigenvalue weighted by Gasteiger charge is 2.39. The van der Waals surface area contributed by atoms with Crippen LogP contribution < -0.4 is 5.32 Å². The zero-order valence-corrected chi connectivity index (χ0v) is 15.5. The molecular formula is C12H14ClI2NO3. The lowest BCUT2D eigenvalue weighted by atomic mass is 9.80. The number of benzene rings is 1. The quantitative estimate of drug-likeness (QED) is 0.566. The number of alkyl carbamates (subject to hydrolysis) is 1. The minimum atomic E-state index is -0.437. The van der Waals surface area contributed by atoms with Crippen LogP contribution in [0.25, 0.3) is 0 Å². The highest BCUT2D eigenvalue weighted by Crippen LogP contribution is 2.41. The number of hydrogen-bond donors (Lipinski definition) is 2. The average molecular weight is 510 g/mol. The van der Waals surface area contributed by atoms with E-state index in [1.54, 1.807) is 0 Å². The van der Waals surface area contributed by atoms with Crippen LogP contribution in [0.2, 0.25) is 0 Å². The maximum Gasteiger partial charge on any atom is 0.407 e. The maximum absolute atomic E-state index is 11.4. The molecule has 0 radical (unpaired) electrons. The van der Waals surface area contributed by atoms with E-state index in [0.717, 1.165) is 12.7 Å². The van der Waals surface area contributed by atoms with E-state index in [0.29, 0.717) is 6.61 Å². The summed E-state index contributed by atoms with van der Waals surface area (Å²) in [6, 6.07) is 3.55. The Hall–Kier alpha value is 0.0400. The third kappa shape index (κ3) is 3.57. The molecule has 0 aromatic heterocycles. The van der Waals surface area contributed by atoms with Crippen LogP contribution >= 0.6 is 57.6 Å². The Morgan fingerprint density at radius 1 is 1.42 bits per heavy atom. The molecule has 1 aliphatic rings. The van der Waals surface area contributed by atoms with Crippen LogP contribution in [-0.2, 0) is 4.74 Å². The van der Waals surface area contributed by atoms with Gasteiger partial charge in [-0.15, -0.1) is 12.4 Å². The van der Waals surface area contributed by atoms with Crippen LogP contribution in [0, 0.1) is 12.6 Å². The van der Waals surface area contributed by atoms with Crippen LogP contribution in [-0.4, -0.2) is 17.8 Å². The van der Waals surface area contributed by atoms with Crippen LogP contribution in [0.4, 0.5) is 4.79 Å². The molecule has 1 aliphatic heterocycles. The van der Waals surface area contributed by atoms with Gasteiger partial charge in [0.1, 0.15) is 12.4 Å². The molecule has 2 rings (SSSR count). The number of aromatic hydroxyl groups is 1. The van der Waals surface area contributed by atoms with Gasteiger partial charge >= 0.3 is 6.09 Å². The van der Waals surface area contributed by atoms with Crippen molar-refractivity contribution < 1.29 is 14.6 Å². The van der Waals surface area contributed by atoms with Gasteiger partial charge in [0.15, 0.2) is 0 Å². The molecule has 19 heavy (non-hydrogen) atoms. The Labute approximate surface area is 145 Å². The summed E-state index contributed by atoms with van der Waals surface area (Å²) in [5, 5.41) is 13.0. The third-order valence-corrected chi connectivity index (χ3v) is 4.43. The number of ether oxygens (including phenoxy) is 1. The smallest absolute Gasteiger partial charge is 0.407 e. The van der Waals surface area contributed by atoms with Crippen LogP contribution in [0.3, 0.4) is 0 Å². The lowest BCUT2D eigenvalue weighted by Crippen LogP contribution is -2.47. The van der Waals surface area contributed by atoms with E-state index in [2.05, 4.69) is 50.5 Å². The largest absolute Gasteiger partial charge is 0.506 e. The number of carbonyl (C=O) groups excluding carboxylic acids is 1. The first kappa shape index (κ1) is 17.1. The summed E-state index contributed by atoms with van der Waals surface area (Å²) in [6.07, 6.45) is -0.437. The molecule has 1 aromatic carbocycles. The lowest BCUT2D eigenvalue weighted by molar-refractivity contribution is 0.0381. The molecule has 1 atom stereocenters. The number of rotatable bonds is 1. The second-order valence-electron chi connectivity index (χ2n) is 4.97. The second-order valence-corrected chi connectivity index (χ2v) is 7.38. The number of phenolic OH excluding ortho intramolecular Hbond substituents is 1. The standard InChI is InChI=1S/C12H13I2NO3.ClH/c1-12(2)5-18-11(17)15-10(12)7-3-6(13)4-8(14)9(7)16;/h3-4,10,16H,5H2,1-2H3,(H,15,17);1H/t10-;/m0./s1. The fourth-order valence-corrected chi connectivity index (χ4v) is 3.88. The average Bonchev–Trinajstić information content (AvgIpc) is 2.27. The van der Waals surface area contributed by atoms with Gasteiger partial charge in [-0.05, 0) is 57.3 Å². The first-order valence-electron chi connectivity index (χ1n) is 5.42. The molecule has 1 aromatic rings. The Morgan fingerprint density at radius 2 is 2.05 bits per heavy atom. The summed E-state index contributed by atoms with van der Waals surface area (Å²) in [6.45, 7) is 4.34. The van der Waals surface area contributed by atoms with Gasteiger partial charge in [0, 0.05) is 14.5 Å². The summed E-state index contributed by atoms with van der Waals surface area (Å²) in [5.41, 5.74) is 0.478. The number of cyclic esters (lactones) is 1. The molecule has 7 heteroatoms. The highest BCUT2D eigenvalue weighted by atomic mass is 127. The summed E-state index contributed by atoms with van der Waals surface area (Å²) in [5.74, 6) is 0.233. The monoisotopic (exact) mass is 509 g/mol. The van der Waals surface area contributed by atoms with Crippen molar-refractivity contribution in [2.45, 2.75) is 19.9 Å². The molecule has 106 valence electrons.